The Morgan fingerprint density at radius 3 is 2.88 bits per heavy atom. The summed E-state index contributed by atoms with van der Waals surface area (Å²) in [5.74, 6) is 0.631. The van der Waals surface area contributed by atoms with E-state index in [9.17, 15) is 0 Å². The third kappa shape index (κ3) is 2.50. The van der Waals surface area contributed by atoms with E-state index in [1.807, 2.05) is 0 Å². The first-order valence-electron chi connectivity index (χ1n) is 6.40. The smallest absolute Gasteiger partial charge is 0.0416 e. The molecule has 2 nitrogen and oxygen atoms in total. The van der Waals surface area contributed by atoms with Crippen LogP contribution >= 0.6 is 15.9 Å². The molecule has 0 spiro atoms. The van der Waals surface area contributed by atoms with Gasteiger partial charge in [0.05, 0.1) is 0 Å². The number of hydrogen-bond donors (Lipinski definition) is 1. The lowest BCUT2D eigenvalue weighted by Crippen LogP contribution is -2.29. The zero-order chi connectivity index (χ0) is 12.4. The van der Waals surface area contributed by atoms with Crippen molar-refractivity contribution in [3.05, 3.63) is 28.2 Å². The molecule has 0 amide bonds. The van der Waals surface area contributed by atoms with Crippen LogP contribution in [0.3, 0.4) is 0 Å². The van der Waals surface area contributed by atoms with E-state index in [1.54, 1.807) is 0 Å². The third-order valence-corrected chi connectivity index (χ3v) is 4.24. The molecule has 0 bridgehead atoms. The van der Waals surface area contributed by atoms with Crippen LogP contribution in [0.25, 0.3) is 0 Å². The van der Waals surface area contributed by atoms with Crippen LogP contribution in [0.2, 0.25) is 0 Å². The Morgan fingerprint density at radius 2 is 2.24 bits per heavy atom. The number of fused-ring (bicyclic) bond motifs is 1. The Labute approximate surface area is 112 Å². The van der Waals surface area contributed by atoms with Crippen LogP contribution in [-0.2, 0) is 0 Å². The van der Waals surface area contributed by atoms with Gasteiger partial charge in [0, 0.05) is 28.7 Å². The average molecular weight is 297 g/mol. The lowest BCUT2D eigenvalue weighted by Gasteiger charge is -2.24. The number of anilines is 1. The molecule has 0 aliphatic carbocycles. The molecule has 17 heavy (non-hydrogen) atoms. The molecule has 3 heteroatoms. The molecule has 1 heterocycles. The fourth-order valence-corrected chi connectivity index (χ4v) is 3.38. The number of benzene rings is 1. The summed E-state index contributed by atoms with van der Waals surface area (Å²) in [7, 11) is 0. The second kappa shape index (κ2) is 5.40. The first-order valence-corrected chi connectivity index (χ1v) is 7.19. The molecule has 1 atom stereocenters. The Hall–Kier alpha value is -0.540. The van der Waals surface area contributed by atoms with Crippen molar-refractivity contribution in [2.24, 2.45) is 5.73 Å². The summed E-state index contributed by atoms with van der Waals surface area (Å²) in [6.07, 6.45) is 2.30. The average Bonchev–Trinajstić information content (AvgIpc) is 2.67. The molecule has 0 aromatic heterocycles. The first kappa shape index (κ1) is 12.9. The van der Waals surface area contributed by atoms with Gasteiger partial charge in [-0.1, -0.05) is 22.0 Å². The highest BCUT2D eigenvalue weighted by molar-refractivity contribution is 9.10. The Balaban J connectivity index is 2.31. The third-order valence-electron chi connectivity index (χ3n) is 3.54. The van der Waals surface area contributed by atoms with E-state index < -0.39 is 0 Å². The van der Waals surface area contributed by atoms with Crippen molar-refractivity contribution in [2.75, 3.05) is 18.0 Å². The molecule has 0 radical (unpaired) electrons. The van der Waals surface area contributed by atoms with Gasteiger partial charge in [0.15, 0.2) is 0 Å². The summed E-state index contributed by atoms with van der Waals surface area (Å²) in [4.78, 5) is 2.50. The zero-order valence-electron chi connectivity index (χ0n) is 10.6. The van der Waals surface area contributed by atoms with Crippen LogP contribution in [0.1, 0.15) is 38.2 Å². The molecule has 1 aromatic carbocycles. The summed E-state index contributed by atoms with van der Waals surface area (Å²) in [6.45, 7) is 6.44. The van der Waals surface area contributed by atoms with Gasteiger partial charge in [0.25, 0.3) is 0 Å². The number of nitrogens with zero attached hydrogens (tertiary/aromatic N) is 1. The van der Waals surface area contributed by atoms with E-state index in [0.717, 1.165) is 19.5 Å². The fraction of sp³-hybridized carbons (Fsp3) is 0.571. The van der Waals surface area contributed by atoms with Gasteiger partial charge >= 0.3 is 0 Å². The Bertz CT molecular complexity index is 390. The summed E-state index contributed by atoms with van der Waals surface area (Å²) < 4.78 is 1.25. The minimum absolute atomic E-state index is 0.561. The molecule has 0 saturated heterocycles. The SMILES string of the molecule is CC(C)N1CC(CCCN)c2c(Br)cccc21. The molecule has 0 saturated carbocycles. The van der Waals surface area contributed by atoms with Crippen molar-refractivity contribution in [3.63, 3.8) is 0 Å². The predicted octanol–water partition coefficient (Wildman–Crippen LogP) is 3.50. The molecule has 94 valence electrons. The van der Waals surface area contributed by atoms with E-state index in [-0.39, 0.29) is 0 Å². The quantitative estimate of drug-likeness (QED) is 0.921. The van der Waals surface area contributed by atoms with Crippen molar-refractivity contribution in [1.29, 1.82) is 0 Å². The molecular weight excluding hydrogens is 276 g/mol. The Kier molecular flexibility index (Phi) is 4.10. The molecule has 2 N–H and O–H groups in total. The van der Waals surface area contributed by atoms with Gasteiger partial charge in [-0.05, 0) is 50.9 Å². The molecule has 1 unspecified atom stereocenters. The maximum Gasteiger partial charge on any atom is 0.0416 e. The Morgan fingerprint density at radius 1 is 1.47 bits per heavy atom. The molecule has 2 rings (SSSR count). The van der Waals surface area contributed by atoms with Gasteiger partial charge in [-0.2, -0.15) is 0 Å². The predicted molar refractivity (Wildman–Crippen MR) is 77.7 cm³/mol. The lowest BCUT2D eigenvalue weighted by molar-refractivity contribution is 0.587. The zero-order valence-corrected chi connectivity index (χ0v) is 12.2. The van der Waals surface area contributed by atoms with Crippen LogP contribution in [0.4, 0.5) is 5.69 Å². The van der Waals surface area contributed by atoms with E-state index in [0.29, 0.717) is 12.0 Å². The fourth-order valence-electron chi connectivity index (χ4n) is 2.70. The highest BCUT2D eigenvalue weighted by atomic mass is 79.9. The van der Waals surface area contributed by atoms with Gasteiger partial charge in [-0.25, -0.2) is 0 Å². The van der Waals surface area contributed by atoms with Crippen molar-refractivity contribution >= 4 is 21.6 Å². The summed E-state index contributed by atoms with van der Waals surface area (Å²) in [6, 6.07) is 7.08. The van der Waals surface area contributed by atoms with Crippen LogP contribution in [0.5, 0.6) is 0 Å². The monoisotopic (exact) mass is 296 g/mol. The second-order valence-electron chi connectivity index (χ2n) is 5.05. The summed E-state index contributed by atoms with van der Waals surface area (Å²) >= 11 is 3.70. The van der Waals surface area contributed by atoms with Crippen molar-refractivity contribution in [3.8, 4) is 0 Å². The van der Waals surface area contributed by atoms with E-state index in [1.165, 1.54) is 22.1 Å². The van der Waals surface area contributed by atoms with E-state index in [2.05, 4.69) is 52.9 Å². The first-order chi connectivity index (χ1) is 8.15. The lowest BCUT2D eigenvalue weighted by atomic mass is 9.96. The minimum atomic E-state index is 0.561. The van der Waals surface area contributed by atoms with Gasteiger partial charge < -0.3 is 10.6 Å². The maximum atomic E-state index is 5.63. The molecule has 1 aromatic rings. The molecule has 1 aliphatic heterocycles. The van der Waals surface area contributed by atoms with E-state index >= 15 is 0 Å². The van der Waals surface area contributed by atoms with Crippen molar-refractivity contribution in [2.45, 2.75) is 38.6 Å². The van der Waals surface area contributed by atoms with Gasteiger partial charge in [0.1, 0.15) is 0 Å². The van der Waals surface area contributed by atoms with Gasteiger partial charge in [-0.15, -0.1) is 0 Å². The summed E-state index contributed by atoms with van der Waals surface area (Å²) in [5, 5.41) is 0. The molecular formula is C14H21BrN2. The van der Waals surface area contributed by atoms with Crippen LogP contribution < -0.4 is 10.6 Å². The molecule has 1 aliphatic rings. The summed E-state index contributed by atoms with van der Waals surface area (Å²) in [5.41, 5.74) is 8.51. The maximum absolute atomic E-state index is 5.63. The van der Waals surface area contributed by atoms with Crippen molar-refractivity contribution < 1.29 is 0 Å². The number of rotatable bonds is 4. The number of nitrogens with two attached hydrogens (primary N) is 1. The largest absolute Gasteiger partial charge is 0.368 e. The molecule has 0 fully saturated rings. The van der Waals surface area contributed by atoms with E-state index in [4.69, 9.17) is 5.73 Å². The topological polar surface area (TPSA) is 29.3 Å². The highest BCUT2D eigenvalue weighted by Gasteiger charge is 2.30. The second-order valence-corrected chi connectivity index (χ2v) is 5.90. The number of halogens is 1. The van der Waals surface area contributed by atoms with Gasteiger partial charge in [0.2, 0.25) is 0 Å². The number of hydrogen-bond acceptors (Lipinski definition) is 2. The van der Waals surface area contributed by atoms with Crippen LogP contribution in [-0.4, -0.2) is 19.1 Å². The normalized spacial score (nSPS) is 18.9. The van der Waals surface area contributed by atoms with Crippen LogP contribution in [0.15, 0.2) is 22.7 Å². The minimum Gasteiger partial charge on any atom is -0.368 e. The van der Waals surface area contributed by atoms with Gasteiger partial charge in [-0.3, -0.25) is 0 Å². The standard InChI is InChI=1S/C14H21BrN2/c1-10(2)17-9-11(5-4-8-16)14-12(15)6-3-7-13(14)17/h3,6-7,10-11H,4-5,8-9,16H2,1-2H3. The van der Waals surface area contributed by atoms with Crippen molar-refractivity contribution in [1.82, 2.24) is 0 Å². The van der Waals surface area contributed by atoms with Crippen LogP contribution in [0, 0.1) is 0 Å². The highest BCUT2D eigenvalue weighted by Crippen LogP contribution is 2.43.